The van der Waals surface area contributed by atoms with E-state index >= 15 is 0 Å². The number of fused-ring (bicyclic) bond motifs is 3. The molecule has 0 saturated heterocycles. The molecule has 3 aromatic rings. The van der Waals surface area contributed by atoms with Gasteiger partial charge in [0.15, 0.2) is 0 Å². The van der Waals surface area contributed by atoms with Crippen LogP contribution in [0.4, 0.5) is 13.2 Å². The van der Waals surface area contributed by atoms with Gasteiger partial charge in [0.1, 0.15) is 11.5 Å². The number of alkyl halides is 3. The zero-order chi connectivity index (χ0) is 23.9. The number of carbonyl (C=O) groups is 1. The van der Waals surface area contributed by atoms with Crippen molar-refractivity contribution >= 4 is 28.5 Å². The van der Waals surface area contributed by atoms with Crippen molar-refractivity contribution in [1.82, 2.24) is 4.57 Å². The van der Waals surface area contributed by atoms with Gasteiger partial charge in [0.2, 0.25) is 6.10 Å². The Hall–Kier alpha value is -2.87. The Morgan fingerprint density at radius 1 is 1.15 bits per heavy atom. The Morgan fingerprint density at radius 2 is 1.82 bits per heavy atom. The quantitative estimate of drug-likeness (QED) is 0.406. The molecule has 1 N–H and O–H groups in total. The van der Waals surface area contributed by atoms with Gasteiger partial charge in [-0.3, -0.25) is 4.79 Å². The smallest absolute Gasteiger partial charge is 0.429 e. The third-order valence-electron chi connectivity index (χ3n) is 5.63. The second-order valence-electron chi connectivity index (χ2n) is 8.39. The minimum Gasteiger partial charge on any atom is -0.491 e. The molecule has 2 aromatic carbocycles. The average Bonchev–Trinajstić information content (AvgIpc) is 3.25. The summed E-state index contributed by atoms with van der Waals surface area (Å²) in [5.74, 6) is -0.659. The highest BCUT2D eigenvalue weighted by Gasteiger charge is 2.43. The standard InChI is InChI=1S/C24H23ClF3NO4/c1-13(2)32-16-5-3-14(4-6-16)23(24(26,27)28)33-17-7-8-19-18(12-17)21(25)22-15(11-20(30)31)9-10-29(19)22/h3-8,12-13,15,23H,9-11H2,1-2H3,(H,30,31)/t15-,23?/m1/s1. The van der Waals surface area contributed by atoms with Gasteiger partial charge in [0.25, 0.3) is 0 Å². The van der Waals surface area contributed by atoms with E-state index in [2.05, 4.69) is 0 Å². The Morgan fingerprint density at radius 3 is 2.42 bits per heavy atom. The Bertz CT molecular complexity index is 1170. The van der Waals surface area contributed by atoms with E-state index in [9.17, 15) is 18.0 Å². The van der Waals surface area contributed by atoms with Crippen molar-refractivity contribution in [3.63, 3.8) is 0 Å². The van der Waals surface area contributed by atoms with E-state index in [0.717, 1.165) is 5.52 Å². The van der Waals surface area contributed by atoms with E-state index in [4.69, 9.17) is 26.2 Å². The molecule has 176 valence electrons. The van der Waals surface area contributed by atoms with Crippen LogP contribution in [0.1, 0.15) is 50.0 Å². The molecule has 2 atom stereocenters. The van der Waals surface area contributed by atoms with Crippen LogP contribution in [0.3, 0.4) is 0 Å². The first-order valence-electron chi connectivity index (χ1n) is 10.6. The van der Waals surface area contributed by atoms with Crippen LogP contribution >= 0.6 is 11.6 Å². The summed E-state index contributed by atoms with van der Waals surface area (Å²) in [6.45, 7) is 4.27. The number of ether oxygens (including phenoxy) is 2. The molecule has 1 aromatic heterocycles. The van der Waals surface area contributed by atoms with Gasteiger partial charge in [-0.25, -0.2) is 0 Å². The van der Waals surface area contributed by atoms with Crippen molar-refractivity contribution < 1.29 is 32.5 Å². The zero-order valence-electron chi connectivity index (χ0n) is 18.0. The lowest BCUT2D eigenvalue weighted by atomic mass is 10.0. The lowest BCUT2D eigenvalue weighted by Crippen LogP contribution is -2.26. The van der Waals surface area contributed by atoms with Crippen molar-refractivity contribution in [2.75, 3.05) is 0 Å². The molecule has 1 aliphatic heterocycles. The molecule has 9 heteroatoms. The van der Waals surface area contributed by atoms with Crippen LogP contribution in [0.25, 0.3) is 10.9 Å². The highest BCUT2D eigenvalue weighted by molar-refractivity contribution is 6.36. The van der Waals surface area contributed by atoms with E-state index in [1.807, 2.05) is 18.4 Å². The third kappa shape index (κ3) is 4.76. The maximum absolute atomic E-state index is 13.9. The van der Waals surface area contributed by atoms with E-state index in [-0.39, 0.29) is 29.8 Å². The number of carboxylic acids is 1. The summed E-state index contributed by atoms with van der Waals surface area (Å²) in [7, 11) is 0. The minimum absolute atomic E-state index is 0.0216. The van der Waals surface area contributed by atoms with Gasteiger partial charge < -0.3 is 19.1 Å². The van der Waals surface area contributed by atoms with E-state index in [0.29, 0.717) is 34.8 Å². The number of rotatable bonds is 7. The topological polar surface area (TPSA) is 60.7 Å². The molecular formula is C24H23ClF3NO4. The highest BCUT2D eigenvalue weighted by atomic mass is 35.5. The lowest BCUT2D eigenvalue weighted by Gasteiger charge is -2.22. The monoisotopic (exact) mass is 481 g/mol. The van der Waals surface area contributed by atoms with Crippen LogP contribution in [-0.2, 0) is 11.3 Å². The van der Waals surface area contributed by atoms with Crippen LogP contribution in [0, 0.1) is 0 Å². The molecule has 33 heavy (non-hydrogen) atoms. The van der Waals surface area contributed by atoms with E-state index < -0.39 is 18.2 Å². The molecule has 0 amide bonds. The second-order valence-corrected chi connectivity index (χ2v) is 8.77. The number of aryl methyl sites for hydroxylation is 1. The summed E-state index contributed by atoms with van der Waals surface area (Å²) >= 11 is 6.55. The highest BCUT2D eigenvalue weighted by Crippen LogP contribution is 2.44. The normalized spacial score (nSPS) is 16.8. The molecule has 2 heterocycles. The van der Waals surface area contributed by atoms with Crippen LogP contribution in [-0.4, -0.2) is 27.9 Å². The fraction of sp³-hybridized carbons (Fsp3) is 0.375. The molecule has 1 aliphatic rings. The predicted molar refractivity (Wildman–Crippen MR) is 118 cm³/mol. The summed E-state index contributed by atoms with van der Waals surface area (Å²) in [6.07, 6.45) is -6.31. The summed E-state index contributed by atoms with van der Waals surface area (Å²) < 4.78 is 54.4. The fourth-order valence-electron chi connectivity index (χ4n) is 4.31. The van der Waals surface area contributed by atoms with Gasteiger partial charge in [-0.1, -0.05) is 23.7 Å². The first-order chi connectivity index (χ1) is 15.5. The first-order valence-corrected chi connectivity index (χ1v) is 11.0. The second kappa shape index (κ2) is 8.82. The Kier molecular flexibility index (Phi) is 6.22. The molecule has 0 fully saturated rings. The Labute approximate surface area is 193 Å². The van der Waals surface area contributed by atoms with Crippen molar-refractivity contribution in [2.45, 2.75) is 57.5 Å². The molecule has 5 nitrogen and oxygen atoms in total. The largest absolute Gasteiger partial charge is 0.491 e. The van der Waals surface area contributed by atoms with Crippen molar-refractivity contribution in [3.8, 4) is 11.5 Å². The van der Waals surface area contributed by atoms with Crippen molar-refractivity contribution in [3.05, 3.63) is 58.7 Å². The van der Waals surface area contributed by atoms with Gasteiger partial charge >= 0.3 is 12.1 Å². The van der Waals surface area contributed by atoms with Crippen molar-refractivity contribution in [1.29, 1.82) is 0 Å². The van der Waals surface area contributed by atoms with Crippen molar-refractivity contribution in [2.24, 2.45) is 0 Å². The molecule has 0 aliphatic carbocycles. The number of hydrogen-bond donors (Lipinski definition) is 1. The van der Waals surface area contributed by atoms with Crippen LogP contribution < -0.4 is 9.47 Å². The Balaban J connectivity index is 1.65. The molecule has 4 rings (SSSR count). The summed E-state index contributed by atoms with van der Waals surface area (Å²) in [5.41, 5.74) is 1.40. The minimum atomic E-state index is -4.64. The molecule has 0 bridgehead atoms. The van der Waals surface area contributed by atoms with Gasteiger partial charge in [0.05, 0.1) is 23.1 Å². The number of benzene rings is 2. The predicted octanol–water partition coefficient (Wildman–Crippen LogP) is 6.73. The average molecular weight is 482 g/mol. The number of nitrogens with zero attached hydrogens (tertiary/aromatic N) is 1. The number of halogens is 4. The zero-order valence-corrected chi connectivity index (χ0v) is 18.8. The maximum atomic E-state index is 13.9. The fourth-order valence-corrected chi connectivity index (χ4v) is 4.72. The first kappa shape index (κ1) is 23.3. The molecule has 0 saturated carbocycles. The van der Waals surface area contributed by atoms with Gasteiger partial charge in [-0.2, -0.15) is 13.2 Å². The summed E-state index contributed by atoms with van der Waals surface area (Å²) in [6, 6.07) is 10.3. The van der Waals surface area contributed by atoms with Gasteiger partial charge in [0, 0.05) is 29.1 Å². The third-order valence-corrected chi connectivity index (χ3v) is 6.02. The number of carboxylic acid groups (broad SMARTS) is 1. The molecule has 1 unspecified atom stereocenters. The SMILES string of the molecule is CC(C)Oc1ccc(C(Oc2ccc3c(c2)c(Cl)c2n3CC[C@@H]2CC(=O)O)C(F)(F)F)cc1. The molecule has 0 radical (unpaired) electrons. The van der Waals surface area contributed by atoms with Gasteiger partial charge in [-0.05, 0) is 50.6 Å². The van der Waals surface area contributed by atoms with E-state index in [1.165, 1.54) is 36.4 Å². The van der Waals surface area contributed by atoms with Crippen LogP contribution in [0.15, 0.2) is 42.5 Å². The maximum Gasteiger partial charge on any atom is 0.429 e. The van der Waals surface area contributed by atoms with Gasteiger partial charge in [-0.15, -0.1) is 0 Å². The number of hydrogen-bond acceptors (Lipinski definition) is 3. The molecular weight excluding hydrogens is 459 g/mol. The van der Waals surface area contributed by atoms with Crippen LogP contribution in [0.5, 0.6) is 11.5 Å². The number of aromatic nitrogens is 1. The number of aliphatic carboxylic acids is 1. The van der Waals surface area contributed by atoms with Crippen LogP contribution in [0.2, 0.25) is 5.02 Å². The van der Waals surface area contributed by atoms with E-state index in [1.54, 1.807) is 6.07 Å². The summed E-state index contributed by atoms with van der Waals surface area (Å²) in [4.78, 5) is 11.2. The summed E-state index contributed by atoms with van der Waals surface area (Å²) in [5, 5.41) is 10.1. The lowest BCUT2D eigenvalue weighted by molar-refractivity contribution is -0.198. The molecule has 0 spiro atoms.